The molecule has 2 rings (SSSR count). The van der Waals surface area contributed by atoms with Crippen molar-refractivity contribution >= 4 is 44.3 Å². The minimum absolute atomic E-state index is 0.0561. The van der Waals surface area contributed by atoms with E-state index in [-0.39, 0.29) is 10.8 Å². The molecule has 0 unspecified atom stereocenters. The Bertz CT molecular complexity index is 556. The van der Waals surface area contributed by atoms with Crippen LogP contribution in [0.3, 0.4) is 0 Å². The minimum Gasteiger partial charge on any atom is -0.477 e. The highest BCUT2D eigenvalue weighted by Crippen LogP contribution is 2.28. The highest BCUT2D eigenvalue weighted by atomic mass is 79.9. The summed E-state index contributed by atoms with van der Waals surface area (Å²) in [6.07, 6.45) is 0. The van der Waals surface area contributed by atoms with Gasteiger partial charge in [0, 0.05) is 15.2 Å². The number of nitrogens with zero attached hydrogens (tertiary/aromatic N) is 1. The number of carboxylic acid groups (broad SMARTS) is 1. The number of aromatic nitrogens is 1. The third-order valence-electron chi connectivity index (χ3n) is 1.99. The van der Waals surface area contributed by atoms with Gasteiger partial charge in [-0.3, -0.25) is 0 Å². The molecule has 0 fully saturated rings. The van der Waals surface area contributed by atoms with E-state index in [2.05, 4.69) is 20.9 Å². The van der Waals surface area contributed by atoms with Crippen molar-refractivity contribution in [1.82, 2.24) is 4.98 Å². The summed E-state index contributed by atoms with van der Waals surface area (Å²) in [7, 11) is 0. The number of carboxylic acids is 1. The van der Waals surface area contributed by atoms with Gasteiger partial charge in [0.25, 0.3) is 0 Å². The lowest BCUT2D eigenvalue weighted by molar-refractivity contribution is 0.0690. The second-order valence-corrected chi connectivity index (χ2v) is 4.15. The number of fused-ring (bicyclic) bond motifs is 1. The Kier molecular flexibility index (Phi) is 2.63. The quantitative estimate of drug-likeness (QED) is 0.818. The zero-order chi connectivity index (χ0) is 11.0. The fraction of sp³-hybridized carbons (Fsp3) is 0. The van der Waals surface area contributed by atoms with Crippen molar-refractivity contribution in [2.75, 3.05) is 0 Å². The predicted octanol–water partition coefficient (Wildman–Crippen LogP) is 3.35. The third-order valence-corrected chi connectivity index (χ3v) is 2.97. The van der Waals surface area contributed by atoms with Crippen LogP contribution in [0.15, 0.2) is 28.7 Å². The zero-order valence-corrected chi connectivity index (χ0v) is 9.71. The minimum atomic E-state index is -1.09. The van der Waals surface area contributed by atoms with E-state index in [0.29, 0.717) is 0 Å². The molecule has 1 aromatic carbocycles. The molecule has 0 aliphatic heterocycles. The molecule has 0 atom stereocenters. The Morgan fingerprint density at radius 1 is 1.40 bits per heavy atom. The summed E-state index contributed by atoms with van der Waals surface area (Å²) in [5.74, 6) is -1.09. The maximum Gasteiger partial charge on any atom is 0.354 e. The maximum atomic E-state index is 10.8. The summed E-state index contributed by atoms with van der Waals surface area (Å²) in [4.78, 5) is 14.6. The van der Waals surface area contributed by atoms with Crippen LogP contribution < -0.4 is 0 Å². The SMILES string of the molecule is O=C(O)c1cc2c(Br)cccc2c(Cl)n1. The molecule has 0 aliphatic carbocycles. The first-order chi connectivity index (χ1) is 7.09. The number of halogens is 2. The smallest absolute Gasteiger partial charge is 0.354 e. The fourth-order valence-corrected chi connectivity index (χ4v) is 2.04. The number of aromatic carboxylic acids is 1. The average molecular weight is 287 g/mol. The number of hydrogen-bond donors (Lipinski definition) is 1. The Balaban J connectivity index is 2.85. The molecule has 0 amide bonds. The van der Waals surface area contributed by atoms with E-state index >= 15 is 0 Å². The lowest BCUT2D eigenvalue weighted by Gasteiger charge is -2.03. The van der Waals surface area contributed by atoms with Crippen LogP contribution in [0.1, 0.15) is 10.5 Å². The van der Waals surface area contributed by atoms with Crippen LogP contribution >= 0.6 is 27.5 Å². The van der Waals surface area contributed by atoms with Crippen LogP contribution in [0.5, 0.6) is 0 Å². The molecule has 1 heterocycles. The van der Waals surface area contributed by atoms with Crippen LogP contribution in [-0.4, -0.2) is 16.1 Å². The number of rotatable bonds is 1. The summed E-state index contributed by atoms with van der Waals surface area (Å²) in [6.45, 7) is 0. The topological polar surface area (TPSA) is 50.2 Å². The van der Waals surface area contributed by atoms with E-state index in [1.807, 2.05) is 12.1 Å². The van der Waals surface area contributed by atoms with E-state index in [0.717, 1.165) is 15.2 Å². The first kappa shape index (κ1) is 10.4. The molecule has 2 aromatic rings. The number of benzene rings is 1. The van der Waals surface area contributed by atoms with Crippen molar-refractivity contribution in [1.29, 1.82) is 0 Å². The summed E-state index contributed by atoms with van der Waals surface area (Å²) < 4.78 is 0.798. The molecular formula is C10H5BrClNO2. The molecule has 3 nitrogen and oxygen atoms in total. The van der Waals surface area contributed by atoms with Crippen LogP contribution in [-0.2, 0) is 0 Å². The van der Waals surface area contributed by atoms with Gasteiger partial charge < -0.3 is 5.11 Å². The molecule has 15 heavy (non-hydrogen) atoms. The fourth-order valence-electron chi connectivity index (χ4n) is 1.31. The van der Waals surface area contributed by atoms with E-state index in [4.69, 9.17) is 16.7 Å². The maximum absolute atomic E-state index is 10.8. The van der Waals surface area contributed by atoms with Crippen molar-refractivity contribution < 1.29 is 9.90 Å². The molecule has 0 radical (unpaired) electrons. The lowest BCUT2D eigenvalue weighted by atomic mass is 10.1. The summed E-state index contributed by atoms with van der Waals surface area (Å²) in [5, 5.41) is 10.5. The van der Waals surface area contributed by atoms with Crippen LogP contribution in [0, 0.1) is 0 Å². The number of pyridine rings is 1. The molecule has 1 N–H and O–H groups in total. The van der Waals surface area contributed by atoms with Gasteiger partial charge >= 0.3 is 5.97 Å². The number of hydrogen-bond acceptors (Lipinski definition) is 2. The van der Waals surface area contributed by atoms with Crippen molar-refractivity contribution in [3.05, 3.63) is 39.6 Å². The van der Waals surface area contributed by atoms with Crippen molar-refractivity contribution in [2.45, 2.75) is 0 Å². The predicted molar refractivity (Wildman–Crippen MR) is 61.4 cm³/mol. The Morgan fingerprint density at radius 3 is 2.80 bits per heavy atom. The van der Waals surface area contributed by atoms with Crippen molar-refractivity contribution in [2.24, 2.45) is 0 Å². The zero-order valence-electron chi connectivity index (χ0n) is 7.37. The first-order valence-corrected chi connectivity index (χ1v) is 5.25. The largest absolute Gasteiger partial charge is 0.477 e. The molecular weight excluding hydrogens is 281 g/mol. The van der Waals surface area contributed by atoms with E-state index in [1.165, 1.54) is 6.07 Å². The van der Waals surface area contributed by atoms with Gasteiger partial charge in [0.15, 0.2) is 5.69 Å². The van der Waals surface area contributed by atoms with Crippen LogP contribution in [0.4, 0.5) is 0 Å². The van der Waals surface area contributed by atoms with Gasteiger partial charge in [0.2, 0.25) is 0 Å². The molecule has 5 heteroatoms. The average Bonchev–Trinajstić information content (AvgIpc) is 2.19. The van der Waals surface area contributed by atoms with Gasteiger partial charge in [-0.1, -0.05) is 39.7 Å². The molecule has 76 valence electrons. The monoisotopic (exact) mass is 285 g/mol. The summed E-state index contributed by atoms with van der Waals surface area (Å²) >= 11 is 9.22. The van der Waals surface area contributed by atoms with Gasteiger partial charge in [0.05, 0.1) is 0 Å². The summed E-state index contributed by atoms with van der Waals surface area (Å²) in [5.41, 5.74) is -0.0561. The highest BCUT2D eigenvalue weighted by Gasteiger charge is 2.10. The molecule has 0 aliphatic rings. The van der Waals surface area contributed by atoms with E-state index < -0.39 is 5.97 Å². The Labute approximate surface area is 98.8 Å². The van der Waals surface area contributed by atoms with Gasteiger partial charge in [-0.05, 0) is 12.1 Å². The van der Waals surface area contributed by atoms with E-state index in [9.17, 15) is 4.79 Å². The molecule has 0 saturated carbocycles. The normalized spacial score (nSPS) is 10.5. The third kappa shape index (κ3) is 1.82. The standard InChI is InChI=1S/C10H5BrClNO2/c11-7-3-1-2-5-6(7)4-8(10(14)15)13-9(5)12/h1-4H,(H,14,15). The van der Waals surface area contributed by atoms with Gasteiger partial charge in [-0.2, -0.15) is 0 Å². The van der Waals surface area contributed by atoms with Crippen LogP contribution in [0.25, 0.3) is 10.8 Å². The Hall–Kier alpha value is -1.13. The van der Waals surface area contributed by atoms with Gasteiger partial charge in [-0.15, -0.1) is 0 Å². The molecule has 1 aromatic heterocycles. The second kappa shape index (κ2) is 3.79. The Morgan fingerprint density at radius 2 is 2.13 bits per heavy atom. The molecule has 0 spiro atoms. The lowest BCUT2D eigenvalue weighted by Crippen LogP contribution is -2.00. The van der Waals surface area contributed by atoms with Gasteiger partial charge in [0.1, 0.15) is 5.15 Å². The highest BCUT2D eigenvalue weighted by molar-refractivity contribution is 9.10. The van der Waals surface area contributed by atoms with Crippen LogP contribution in [0.2, 0.25) is 5.15 Å². The number of carbonyl (C=O) groups is 1. The van der Waals surface area contributed by atoms with Gasteiger partial charge in [-0.25, -0.2) is 9.78 Å². The first-order valence-electron chi connectivity index (χ1n) is 4.07. The van der Waals surface area contributed by atoms with Crippen molar-refractivity contribution in [3.8, 4) is 0 Å². The second-order valence-electron chi connectivity index (χ2n) is 2.94. The molecule has 0 saturated heterocycles. The molecule has 0 bridgehead atoms. The van der Waals surface area contributed by atoms with E-state index in [1.54, 1.807) is 6.07 Å². The summed E-state index contributed by atoms with van der Waals surface area (Å²) in [6, 6.07) is 6.93. The van der Waals surface area contributed by atoms with Crippen molar-refractivity contribution in [3.63, 3.8) is 0 Å².